The molecule has 0 spiro atoms. The van der Waals surface area contributed by atoms with Gasteiger partial charge in [0.25, 0.3) is 0 Å². The number of thiazole rings is 1. The van der Waals surface area contributed by atoms with Crippen molar-refractivity contribution < 1.29 is 9.47 Å². The fraction of sp³-hybridized carbons (Fsp3) is 0.474. The number of aliphatic imine (C=N–C) groups is 1. The first-order valence-corrected chi connectivity index (χ1v) is 9.65. The first-order valence-electron chi connectivity index (χ1n) is 8.77. The molecule has 8 heteroatoms. The van der Waals surface area contributed by atoms with Crippen LogP contribution >= 0.6 is 35.3 Å². The molecule has 0 radical (unpaired) electrons. The van der Waals surface area contributed by atoms with E-state index in [2.05, 4.69) is 45.7 Å². The summed E-state index contributed by atoms with van der Waals surface area (Å²) in [5.74, 6) is 1.63. The fourth-order valence-electron chi connectivity index (χ4n) is 2.36. The second kappa shape index (κ2) is 12.9. The van der Waals surface area contributed by atoms with Crippen LogP contribution in [0.2, 0.25) is 0 Å². The van der Waals surface area contributed by atoms with Crippen LogP contribution in [0.4, 0.5) is 0 Å². The van der Waals surface area contributed by atoms with Crippen molar-refractivity contribution in [2.24, 2.45) is 4.99 Å². The average Bonchev–Trinajstić information content (AvgIpc) is 3.05. The molecule has 6 nitrogen and oxygen atoms in total. The van der Waals surface area contributed by atoms with Crippen LogP contribution in [-0.4, -0.2) is 37.8 Å². The van der Waals surface area contributed by atoms with Gasteiger partial charge in [-0.3, -0.25) is 4.99 Å². The second-order valence-corrected chi connectivity index (χ2v) is 6.74. The van der Waals surface area contributed by atoms with E-state index in [1.807, 2.05) is 19.4 Å². The maximum Gasteiger partial charge on any atom is 0.191 e. The van der Waals surface area contributed by atoms with Gasteiger partial charge >= 0.3 is 0 Å². The van der Waals surface area contributed by atoms with E-state index in [0.29, 0.717) is 32.9 Å². The number of aryl methyl sites for hydroxylation is 2. The molecule has 150 valence electrons. The molecule has 27 heavy (non-hydrogen) atoms. The van der Waals surface area contributed by atoms with Gasteiger partial charge in [-0.2, -0.15) is 0 Å². The molecule has 0 aliphatic rings. The topological polar surface area (TPSA) is 67.8 Å². The Labute approximate surface area is 182 Å². The molecule has 1 heterocycles. The zero-order chi connectivity index (χ0) is 18.8. The third-order valence-electron chi connectivity index (χ3n) is 3.84. The third-order valence-corrected chi connectivity index (χ3v) is 4.78. The number of aromatic nitrogens is 1. The van der Waals surface area contributed by atoms with Crippen LogP contribution in [0.25, 0.3) is 0 Å². The normalized spacial score (nSPS) is 11.0. The minimum Gasteiger partial charge on any atom is -0.491 e. The summed E-state index contributed by atoms with van der Waals surface area (Å²) in [6.07, 6.45) is 0. The molecule has 0 amide bonds. The van der Waals surface area contributed by atoms with Gasteiger partial charge in [0.05, 0.1) is 24.4 Å². The first-order chi connectivity index (χ1) is 12.6. The van der Waals surface area contributed by atoms with Gasteiger partial charge < -0.3 is 20.1 Å². The van der Waals surface area contributed by atoms with Crippen LogP contribution < -0.4 is 15.4 Å². The summed E-state index contributed by atoms with van der Waals surface area (Å²) in [5, 5.41) is 6.66. The molecule has 0 aliphatic carbocycles. The minimum atomic E-state index is 0. The molecule has 0 unspecified atom stereocenters. The Balaban J connectivity index is 0.00000364. The van der Waals surface area contributed by atoms with Gasteiger partial charge in [0.15, 0.2) is 5.96 Å². The van der Waals surface area contributed by atoms with Crippen LogP contribution in [-0.2, 0) is 17.8 Å². The van der Waals surface area contributed by atoms with Crippen LogP contribution in [0, 0.1) is 13.8 Å². The lowest BCUT2D eigenvalue weighted by Crippen LogP contribution is -2.36. The zero-order valence-corrected chi connectivity index (χ0v) is 19.5. The fourth-order valence-corrected chi connectivity index (χ4v) is 3.07. The molecule has 0 fully saturated rings. The van der Waals surface area contributed by atoms with E-state index >= 15 is 0 Å². The van der Waals surface area contributed by atoms with Gasteiger partial charge in [-0.25, -0.2) is 4.98 Å². The van der Waals surface area contributed by atoms with Gasteiger partial charge in [-0.05, 0) is 32.4 Å². The first kappa shape index (κ1) is 23.6. The Bertz CT molecular complexity index is 721. The number of guanidine groups is 1. The van der Waals surface area contributed by atoms with Crippen molar-refractivity contribution in [2.75, 3.05) is 26.9 Å². The number of nitrogens with one attached hydrogen (secondary N) is 2. The SMILES string of the molecule is CCOCCOc1cc(C)ccc1CNC(=NC)NCc1scnc1C.I. The lowest BCUT2D eigenvalue weighted by Gasteiger charge is -2.15. The van der Waals surface area contributed by atoms with E-state index in [1.165, 1.54) is 10.4 Å². The van der Waals surface area contributed by atoms with E-state index in [0.717, 1.165) is 23.0 Å². The number of hydrogen-bond acceptors (Lipinski definition) is 5. The highest BCUT2D eigenvalue weighted by molar-refractivity contribution is 14.0. The molecular formula is C19H29IN4O2S. The summed E-state index contributed by atoms with van der Waals surface area (Å²) < 4.78 is 11.2. The van der Waals surface area contributed by atoms with Gasteiger partial charge in [-0.1, -0.05) is 12.1 Å². The Hall–Kier alpha value is -1.39. The van der Waals surface area contributed by atoms with Gasteiger partial charge in [0.2, 0.25) is 0 Å². The summed E-state index contributed by atoms with van der Waals surface area (Å²) in [7, 11) is 1.77. The highest BCUT2D eigenvalue weighted by atomic mass is 127. The molecule has 1 aromatic heterocycles. The Morgan fingerprint density at radius 1 is 1.19 bits per heavy atom. The van der Waals surface area contributed by atoms with E-state index < -0.39 is 0 Å². The van der Waals surface area contributed by atoms with Crippen molar-refractivity contribution >= 4 is 41.3 Å². The smallest absolute Gasteiger partial charge is 0.191 e. The third kappa shape index (κ3) is 8.02. The number of hydrogen-bond donors (Lipinski definition) is 2. The van der Waals surface area contributed by atoms with Crippen LogP contribution in [0.3, 0.4) is 0 Å². The lowest BCUT2D eigenvalue weighted by atomic mass is 10.1. The predicted octanol–water partition coefficient (Wildman–Crippen LogP) is 3.66. The van der Waals surface area contributed by atoms with Crippen LogP contribution in [0.15, 0.2) is 28.7 Å². The summed E-state index contributed by atoms with van der Waals surface area (Å²) in [5.41, 5.74) is 5.18. The summed E-state index contributed by atoms with van der Waals surface area (Å²) in [6, 6.07) is 6.22. The Morgan fingerprint density at radius 3 is 2.63 bits per heavy atom. The van der Waals surface area contributed by atoms with Gasteiger partial charge in [-0.15, -0.1) is 35.3 Å². The predicted molar refractivity (Wildman–Crippen MR) is 122 cm³/mol. The number of benzene rings is 1. The highest BCUT2D eigenvalue weighted by Crippen LogP contribution is 2.20. The molecule has 0 bridgehead atoms. The number of ether oxygens (including phenoxy) is 2. The average molecular weight is 504 g/mol. The van der Waals surface area contributed by atoms with Crippen molar-refractivity contribution in [1.29, 1.82) is 0 Å². The number of halogens is 1. The van der Waals surface area contributed by atoms with E-state index in [-0.39, 0.29) is 24.0 Å². The van der Waals surface area contributed by atoms with Crippen molar-refractivity contribution in [3.8, 4) is 5.75 Å². The maximum absolute atomic E-state index is 5.89. The van der Waals surface area contributed by atoms with Crippen molar-refractivity contribution in [2.45, 2.75) is 33.9 Å². The van der Waals surface area contributed by atoms with E-state index in [4.69, 9.17) is 9.47 Å². The highest BCUT2D eigenvalue weighted by Gasteiger charge is 2.07. The van der Waals surface area contributed by atoms with Gasteiger partial charge in [0, 0.05) is 30.6 Å². The Morgan fingerprint density at radius 2 is 1.96 bits per heavy atom. The molecular weight excluding hydrogens is 475 g/mol. The maximum atomic E-state index is 5.89. The minimum absolute atomic E-state index is 0. The Kier molecular flexibility index (Phi) is 11.3. The van der Waals surface area contributed by atoms with E-state index in [1.54, 1.807) is 18.4 Å². The van der Waals surface area contributed by atoms with Crippen LogP contribution in [0.1, 0.15) is 28.6 Å². The molecule has 0 saturated heterocycles. The molecule has 0 atom stereocenters. The molecule has 2 N–H and O–H groups in total. The largest absolute Gasteiger partial charge is 0.491 e. The van der Waals surface area contributed by atoms with Crippen molar-refractivity contribution in [3.63, 3.8) is 0 Å². The quantitative estimate of drug-likeness (QED) is 0.236. The molecule has 2 aromatic rings. The number of rotatable bonds is 9. The van der Waals surface area contributed by atoms with E-state index in [9.17, 15) is 0 Å². The summed E-state index contributed by atoms with van der Waals surface area (Å²) in [6.45, 7) is 9.23. The monoisotopic (exact) mass is 504 g/mol. The summed E-state index contributed by atoms with van der Waals surface area (Å²) >= 11 is 1.65. The van der Waals surface area contributed by atoms with Crippen molar-refractivity contribution in [1.82, 2.24) is 15.6 Å². The zero-order valence-electron chi connectivity index (χ0n) is 16.4. The standard InChI is InChI=1S/C19H28N4O2S.HI/c1-5-24-8-9-25-17-10-14(2)6-7-16(17)11-21-19(20-4)22-12-18-15(3)23-13-26-18;/h6-7,10,13H,5,8-9,11-12H2,1-4H3,(H2,20,21,22);1H. The van der Waals surface area contributed by atoms with Crippen LogP contribution in [0.5, 0.6) is 5.75 Å². The van der Waals surface area contributed by atoms with Crippen molar-refractivity contribution in [3.05, 3.63) is 45.4 Å². The molecule has 0 saturated carbocycles. The summed E-state index contributed by atoms with van der Waals surface area (Å²) in [4.78, 5) is 9.76. The lowest BCUT2D eigenvalue weighted by molar-refractivity contribution is 0.110. The second-order valence-electron chi connectivity index (χ2n) is 5.80. The number of nitrogens with zero attached hydrogens (tertiary/aromatic N) is 2. The van der Waals surface area contributed by atoms with Gasteiger partial charge in [0.1, 0.15) is 12.4 Å². The molecule has 2 rings (SSSR count). The molecule has 1 aromatic carbocycles. The molecule has 0 aliphatic heterocycles.